The van der Waals surface area contributed by atoms with Gasteiger partial charge in [-0.25, -0.2) is 9.59 Å². The Bertz CT molecular complexity index is 861. The van der Waals surface area contributed by atoms with E-state index in [1.165, 1.54) is 12.1 Å². The molecule has 0 saturated heterocycles. The van der Waals surface area contributed by atoms with Crippen molar-refractivity contribution < 1.29 is 29.3 Å². The number of carbonyl (C=O) groups excluding carboxylic acids is 1. The summed E-state index contributed by atoms with van der Waals surface area (Å²) in [6, 6.07) is 12.6. The molecule has 0 aromatic heterocycles. The van der Waals surface area contributed by atoms with E-state index in [4.69, 9.17) is 14.9 Å². The number of rotatable bonds is 15. The molecule has 0 aliphatic heterocycles. The molecule has 172 valence electrons. The summed E-state index contributed by atoms with van der Waals surface area (Å²) in [6.45, 7) is 0.626. The van der Waals surface area contributed by atoms with Crippen LogP contribution in [0, 0.1) is 0 Å². The highest BCUT2D eigenvalue weighted by Crippen LogP contribution is 2.15. The molecule has 0 unspecified atom stereocenters. The van der Waals surface area contributed by atoms with E-state index in [2.05, 4.69) is 5.32 Å². The molecule has 1 amide bonds. The summed E-state index contributed by atoms with van der Waals surface area (Å²) in [5, 5.41) is 20.5. The number of amides is 1. The van der Waals surface area contributed by atoms with E-state index < -0.39 is 11.9 Å². The van der Waals surface area contributed by atoms with Crippen LogP contribution in [0.15, 0.2) is 48.5 Å². The first kappa shape index (κ1) is 24.9. The zero-order chi connectivity index (χ0) is 23.2. The van der Waals surface area contributed by atoms with Crippen LogP contribution in [0.1, 0.15) is 78.5 Å². The van der Waals surface area contributed by atoms with Gasteiger partial charge in [-0.3, -0.25) is 4.79 Å². The summed E-state index contributed by atoms with van der Waals surface area (Å²) in [4.78, 5) is 33.6. The molecule has 2 aromatic rings. The van der Waals surface area contributed by atoms with Gasteiger partial charge in [0.15, 0.2) is 0 Å². The van der Waals surface area contributed by atoms with Crippen LogP contribution in [0.4, 0.5) is 5.69 Å². The molecule has 7 nitrogen and oxygen atoms in total. The van der Waals surface area contributed by atoms with Crippen molar-refractivity contribution in [3.8, 4) is 5.75 Å². The third-order valence-electron chi connectivity index (χ3n) is 5.08. The number of anilines is 1. The van der Waals surface area contributed by atoms with Crippen LogP contribution in [0.2, 0.25) is 0 Å². The SMILES string of the molecule is O=C(CCCCCCCCCCOc1ccc(C(=O)O)cc1)Nc1ccc(C(=O)O)cc1. The van der Waals surface area contributed by atoms with Crippen molar-refractivity contribution >= 4 is 23.5 Å². The number of ether oxygens (including phenoxy) is 1. The van der Waals surface area contributed by atoms with Crippen molar-refractivity contribution in [2.75, 3.05) is 11.9 Å². The average Bonchev–Trinajstić information content (AvgIpc) is 2.78. The Morgan fingerprint density at radius 3 is 1.66 bits per heavy atom. The Hall–Kier alpha value is -3.35. The maximum Gasteiger partial charge on any atom is 0.335 e. The number of carboxylic acids is 2. The highest BCUT2D eigenvalue weighted by Gasteiger charge is 2.05. The monoisotopic (exact) mass is 441 g/mol. The van der Waals surface area contributed by atoms with Crippen LogP contribution in [0.3, 0.4) is 0 Å². The Morgan fingerprint density at radius 2 is 1.12 bits per heavy atom. The Kier molecular flexibility index (Phi) is 10.8. The second kappa shape index (κ2) is 13.9. The number of nitrogens with one attached hydrogen (secondary N) is 1. The lowest BCUT2D eigenvalue weighted by atomic mass is 10.1. The van der Waals surface area contributed by atoms with Gasteiger partial charge in [0.05, 0.1) is 17.7 Å². The third kappa shape index (κ3) is 9.64. The summed E-state index contributed by atoms with van der Waals surface area (Å²) >= 11 is 0. The minimum absolute atomic E-state index is 0.0503. The van der Waals surface area contributed by atoms with E-state index in [9.17, 15) is 14.4 Å². The second-order valence-corrected chi connectivity index (χ2v) is 7.69. The van der Waals surface area contributed by atoms with E-state index in [0.717, 1.165) is 51.4 Å². The average molecular weight is 442 g/mol. The van der Waals surface area contributed by atoms with Gasteiger partial charge in [-0.1, -0.05) is 38.5 Å². The first-order valence-corrected chi connectivity index (χ1v) is 11.0. The molecule has 0 atom stereocenters. The van der Waals surface area contributed by atoms with Crippen LogP contribution < -0.4 is 10.1 Å². The zero-order valence-corrected chi connectivity index (χ0v) is 18.2. The number of carbonyl (C=O) groups is 3. The van der Waals surface area contributed by atoms with Crippen molar-refractivity contribution in [2.24, 2.45) is 0 Å². The molecule has 2 aromatic carbocycles. The number of benzene rings is 2. The second-order valence-electron chi connectivity index (χ2n) is 7.69. The maximum absolute atomic E-state index is 12.0. The summed E-state index contributed by atoms with van der Waals surface area (Å²) in [7, 11) is 0. The van der Waals surface area contributed by atoms with E-state index in [1.54, 1.807) is 36.4 Å². The third-order valence-corrected chi connectivity index (χ3v) is 5.08. The van der Waals surface area contributed by atoms with Gasteiger partial charge in [0, 0.05) is 12.1 Å². The molecule has 0 saturated carbocycles. The molecule has 0 fully saturated rings. The molecule has 7 heteroatoms. The number of aromatic carboxylic acids is 2. The van der Waals surface area contributed by atoms with Crippen LogP contribution in [0.25, 0.3) is 0 Å². The number of hydrogen-bond acceptors (Lipinski definition) is 4. The Labute approximate surface area is 188 Å². The fourth-order valence-corrected chi connectivity index (χ4v) is 3.25. The predicted molar refractivity (Wildman–Crippen MR) is 122 cm³/mol. The first-order valence-electron chi connectivity index (χ1n) is 11.0. The van der Waals surface area contributed by atoms with Gasteiger partial charge >= 0.3 is 11.9 Å². The van der Waals surface area contributed by atoms with Gasteiger partial charge in [-0.2, -0.15) is 0 Å². The smallest absolute Gasteiger partial charge is 0.335 e. The topological polar surface area (TPSA) is 113 Å². The van der Waals surface area contributed by atoms with Crippen molar-refractivity contribution in [1.29, 1.82) is 0 Å². The van der Waals surface area contributed by atoms with Gasteiger partial charge < -0.3 is 20.3 Å². The molecule has 0 bridgehead atoms. The quantitative estimate of drug-likeness (QED) is 0.310. The van der Waals surface area contributed by atoms with E-state index in [1.807, 2.05) is 0 Å². The molecule has 0 spiro atoms. The van der Waals surface area contributed by atoms with Gasteiger partial charge in [0.25, 0.3) is 0 Å². The largest absolute Gasteiger partial charge is 0.494 e. The van der Waals surface area contributed by atoms with E-state index in [0.29, 0.717) is 24.5 Å². The summed E-state index contributed by atoms with van der Waals surface area (Å²) in [5.41, 5.74) is 1.06. The van der Waals surface area contributed by atoms with Gasteiger partial charge in [-0.15, -0.1) is 0 Å². The predicted octanol–water partition coefficient (Wildman–Crippen LogP) is 5.61. The molecular formula is C25H31NO6. The van der Waals surface area contributed by atoms with Crippen molar-refractivity contribution in [1.82, 2.24) is 0 Å². The van der Waals surface area contributed by atoms with Crippen LogP contribution in [0.5, 0.6) is 5.75 Å². The lowest BCUT2D eigenvalue weighted by Gasteiger charge is -2.07. The standard InChI is InChI=1S/C25H31NO6/c27-23(26-21-14-10-19(11-15-21)24(28)29)9-7-5-3-1-2-4-6-8-18-32-22-16-12-20(13-17-22)25(30)31/h10-17H,1-9,18H2,(H,26,27)(H,28,29)(H,30,31). The minimum atomic E-state index is -0.985. The molecule has 0 radical (unpaired) electrons. The summed E-state index contributed by atoms with van der Waals surface area (Å²) in [5.74, 6) is -1.28. The number of carboxylic acid groups (broad SMARTS) is 2. The Morgan fingerprint density at radius 1 is 0.656 bits per heavy atom. The number of hydrogen-bond donors (Lipinski definition) is 3. The van der Waals surface area contributed by atoms with Crippen LogP contribution >= 0.6 is 0 Å². The fourth-order valence-electron chi connectivity index (χ4n) is 3.25. The van der Waals surface area contributed by atoms with Crippen molar-refractivity contribution in [3.63, 3.8) is 0 Å². The lowest BCUT2D eigenvalue weighted by molar-refractivity contribution is -0.116. The number of unbranched alkanes of at least 4 members (excludes halogenated alkanes) is 7. The van der Waals surface area contributed by atoms with Crippen LogP contribution in [-0.4, -0.2) is 34.7 Å². The van der Waals surface area contributed by atoms with Gasteiger partial charge in [0.1, 0.15) is 5.75 Å². The Balaban J connectivity index is 1.42. The highest BCUT2D eigenvalue weighted by molar-refractivity contribution is 5.92. The van der Waals surface area contributed by atoms with E-state index >= 15 is 0 Å². The molecule has 0 heterocycles. The summed E-state index contributed by atoms with van der Waals surface area (Å²) < 4.78 is 5.62. The molecule has 3 N–H and O–H groups in total. The van der Waals surface area contributed by atoms with E-state index in [-0.39, 0.29) is 17.0 Å². The maximum atomic E-state index is 12.0. The molecule has 32 heavy (non-hydrogen) atoms. The summed E-state index contributed by atoms with van der Waals surface area (Å²) in [6.07, 6.45) is 8.94. The first-order chi connectivity index (χ1) is 15.5. The normalized spacial score (nSPS) is 10.5. The van der Waals surface area contributed by atoms with Crippen molar-refractivity contribution in [2.45, 2.75) is 57.8 Å². The molecule has 2 rings (SSSR count). The highest BCUT2D eigenvalue weighted by atomic mass is 16.5. The molecule has 0 aliphatic rings. The van der Waals surface area contributed by atoms with Crippen LogP contribution in [-0.2, 0) is 4.79 Å². The van der Waals surface area contributed by atoms with Gasteiger partial charge in [-0.05, 0) is 61.4 Å². The zero-order valence-electron chi connectivity index (χ0n) is 18.2. The molecular weight excluding hydrogens is 410 g/mol. The lowest BCUT2D eigenvalue weighted by Crippen LogP contribution is -2.11. The van der Waals surface area contributed by atoms with Gasteiger partial charge in [0.2, 0.25) is 5.91 Å². The van der Waals surface area contributed by atoms with Crippen molar-refractivity contribution in [3.05, 3.63) is 59.7 Å². The molecule has 0 aliphatic carbocycles. The fraction of sp³-hybridized carbons (Fsp3) is 0.400. The minimum Gasteiger partial charge on any atom is -0.494 e.